The van der Waals surface area contributed by atoms with Gasteiger partial charge < -0.3 is 9.80 Å². The van der Waals surface area contributed by atoms with Gasteiger partial charge in [-0.15, -0.1) is 11.3 Å². The number of aromatic nitrogens is 3. The van der Waals surface area contributed by atoms with Crippen LogP contribution in [0.1, 0.15) is 29.8 Å². The van der Waals surface area contributed by atoms with E-state index in [1.54, 1.807) is 17.9 Å². The smallest absolute Gasteiger partial charge is 0.273 e. The van der Waals surface area contributed by atoms with E-state index in [0.717, 1.165) is 51.4 Å². The Morgan fingerprint density at radius 1 is 1.09 bits per heavy atom. The minimum atomic E-state index is 0.0805. The summed E-state index contributed by atoms with van der Waals surface area (Å²) in [5.74, 6) is 0.896. The highest BCUT2D eigenvalue weighted by Gasteiger charge is 2.42. The maximum Gasteiger partial charge on any atom is 0.273 e. The van der Waals surface area contributed by atoms with Crippen molar-refractivity contribution in [3.8, 4) is 0 Å². The molecule has 0 radical (unpaired) electrons. The average Bonchev–Trinajstić information content (AvgIpc) is 3.26. The normalized spacial score (nSPS) is 20.2. The summed E-state index contributed by atoms with van der Waals surface area (Å²) < 4.78 is 0. The zero-order valence-electron chi connectivity index (χ0n) is 12.9. The third-order valence-electron chi connectivity index (χ3n) is 5.04. The van der Waals surface area contributed by atoms with E-state index in [1.807, 2.05) is 16.3 Å². The first-order valence-electron chi connectivity index (χ1n) is 7.95. The van der Waals surface area contributed by atoms with Gasteiger partial charge >= 0.3 is 0 Å². The SMILES string of the molecule is O=C(c1cscn1)N1CCC2(CCN(c3ncccn3)CC2)C1. The van der Waals surface area contributed by atoms with Crippen LogP contribution in [0.4, 0.5) is 5.95 Å². The van der Waals surface area contributed by atoms with Crippen LogP contribution >= 0.6 is 11.3 Å². The van der Waals surface area contributed by atoms with Crippen molar-refractivity contribution in [1.29, 1.82) is 0 Å². The van der Waals surface area contributed by atoms with E-state index >= 15 is 0 Å². The lowest BCUT2D eigenvalue weighted by atomic mass is 9.78. The average molecular weight is 329 g/mol. The Hall–Kier alpha value is -2.02. The molecule has 0 atom stereocenters. The van der Waals surface area contributed by atoms with Crippen LogP contribution < -0.4 is 4.90 Å². The van der Waals surface area contributed by atoms with Crippen LogP contribution in [0.2, 0.25) is 0 Å². The molecular formula is C16H19N5OS. The Bertz CT molecular complexity index is 667. The molecule has 7 heteroatoms. The number of amides is 1. The van der Waals surface area contributed by atoms with E-state index in [-0.39, 0.29) is 11.3 Å². The number of hydrogen-bond acceptors (Lipinski definition) is 6. The largest absolute Gasteiger partial charge is 0.341 e. The summed E-state index contributed by atoms with van der Waals surface area (Å²) in [6.45, 7) is 3.62. The molecular weight excluding hydrogens is 310 g/mol. The first-order chi connectivity index (χ1) is 11.3. The number of anilines is 1. The molecule has 2 aliphatic heterocycles. The van der Waals surface area contributed by atoms with Gasteiger partial charge in [0.25, 0.3) is 5.91 Å². The van der Waals surface area contributed by atoms with Crippen LogP contribution in [0, 0.1) is 5.41 Å². The lowest BCUT2D eigenvalue weighted by Gasteiger charge is -2.39. The van der Waals surface area contributed by atoms with Crippen LogP contribution in [-0.2, 0) is 0 Å². The monoisotopic (exact) mass is 329 g/mol. The summed E-state index contributed by atoms with van der Waals surface area (Å²) in [4.78, 5) is 29.5. The second-order valence-corrected chi connectivity index (χ2v) is 7.10. The van der Waals surface area contributed by atoms with E-state index in [0.29, 0.717) is 5.69 Å². The molecule has 2 aromatic rings. The van der Waals surface area contributed by atoms with Crippen molar-refractivity contribution in [3.63, 3.8) is 0 Å². The summed E-state index contributed by atoms with van der Waals surface area (Å²) in [5, 5.41) is 1.84. The molecule has 0 bridgehead atoms. The van der Waals surface area contributed by atoms with Gasteiger partial charge in [-0.1, -0.05) is 0 Å². The Morgan fingerprint density at radius 3 is 2.52 bits per heavy atom. The number of nitrogens with zero attached hydrogens (tertiary/aromatic N) is 5. The number of carbonyl (C=O) groups is 1. The third kappa shape index (κ3) is 2.81. The Labute approximate surface area is 139 Å². The summed E-state index contributed by atoms with van der Waals surface area (Å²) in [5.41, 5.74) is 2.57. The minimum Gasteiger partial charge on any atom is -0.341 e. The number of likely N-dealkylation sites (tertiary alicyclic amines) is 1. The number of rotatable bonds is 2. The highest BCUT2D eigenvalue weighted by molar-refractivity contribution is 7.07. The van der Waals surface area contributed by atoms with Crippen LogP contribution in [0.5, 0.6) is 0 Å². The molecule has 1 amide bonds. The molecule has 4 rings (SSSR count). The van der Waals surface area contributed by atoms with Gasteiger partial charge in [-0.2, -0.15) is 0 Å². The molecule has 2 aromatic heterocycles. The molecule has 2 saturated heterocycles. The maximum atomic E-state index is 12.5. The van der Waals surface area contributed by atoms with Crippen molar-refractivity contribution in [1.82, 2.24) is 19.9 Å². The van der Waals surface area contributed by atoms with Crippen molar-refractivity contribution in [2.45, 2.75) is 19.3 Å². The first-order valence-corrected chi connectivity index (χ1v) is 8.90. The topological polar surface area (TPSA) is 62.2 Å². The van der Waals surface area contributed by atoms with Crippen LogP contribution in [-0.4, -0.2) is 51.9 Å². The first kappa shape index (κ1) is 14.6. The predicted octanol–water partition coefficient (Wildman–Crippen LogP) is 2.07. The lowest BCUT2D eigenvalue weighted by Crippen LogP contribution is -2.43. The van der Waals surface area contributed by atoms with Crippen LogP contribution in [0.25, 0.3) is 0 Å². The van der Waals surface area contributed by atoms with Gasteiger partial charge in [0, 0.05) is 44.0 Å². The van der Waals surface area contributed by atoms with Crippen molar-refractivity contribution in [3.05, 3.63) is 35.0 Å². The van der Waals surface area contributed by atoms with E-state index in [4.69, 9.17) is 0 Å². The quantitative estimate of drug-likeness (QED) is 0.844. The van der Waals surface area contributed by atoms with Gasteiger partial charge in [-0.05, 0) is 30.7 Å². The fraction of sp³-hybridized carbons (Fsp3) is 0.500. The minimum absolute atomic E-state index is 0.0805. The standard InChI is InChI=1S/C16H19N5OS/c22-14(13-10-23-12-19-13)21-9-4-16(11-21)2-7-20(8-3-16)15-17-5-1-6-18-15/h1,5-6,10,12H,2-4,7-9,11H2. The Balaban J connectivity index is 1.39. The van der Waals surface area contributed by atoms with Crippen molar-refractivity contribution < 1.29 is 4.79 Å². The van der Waals surface area contributed by atoms with Gasteiger partial charge in [-0.25, -0.2) is 15.0 Å². The third-order valence-corrected chi connectivity index (χ3v) is 5.62. The predicted molar refractivity (Wildman–Crippen MR) is 88.5 cm³/mol. The Morgan fingerprint density at radius 2 is 1.83 bits per heavy atom. The number of piperidine rings is 1. The molecule has 1 spiro atoms. The molecule has 0 unspecified atom stereocenters. The van der Waals surface area contributed by atoms with Gasteiger partial charge in [0.1, 0.15) is 5.69 Å². The lowest BCUT2D eigenvalue weighted by molar-refractivity contribution is 0.0759. The second-order valence-electron chi connectivity index (χ2n) is 6.39. The fourth-order valence-corrected chi connectivity index (χ4v) is 4.16. The van der Waals surface area contributed by atoms with Crippen molar-refractivity contribution >= 4 is 23.2 Å². The molecule has 4 heterocycles. The van der Waals surface area contributed by atoms with Crippen molar-refractivity contribution in [2.24, 2.45) is 5.41 Å². The molecule has 6 nitrogen and oxygen atoms in total. The van der Waals surface area contributed by atoms with E-state index in [9.17, 15) is 4.79 Å². The molecule has 0 aliphatic carbocycles. The summed E-state index contributed by atoms with van der Waals surface area (Å²) in [7, 11) is 0. The molecule has 0 aromatic carbocycles. The maximum absolute atomic E-state index is 12.5. The summed E-state index contributed by atoms with van der Waals surface area (Å²) >= 11 is 1.47. The van der Waals surface area contributed by atoms with E-state index in [1.165, 1.54) is 11.3 Å². The molecule has 2 fully saturated rings. The number of hydrogen-bond donors (Lipinski definition) is 0. The molecule has 0 N–H and O–H groups in total. The highest BCUT2D eigenvalue weighted by atomic mass is 32.1. The second kappa shape index (κ2) is 5.88. The fourth-order valence-electron chi connectivity index (χ4n) is 3.63. The van der Waals surface area contributed by atoms with Crippen molar-refractivity contribution in [2.75, 3.05) is 31.1 Å². The van der Waals surface area contributed by atoms with Gasteiger partial charge in [0.05, 0.1) is 5.51 Å². The van der Waals surface area contributed by atoms with E-state index < -0.39 is 0 Å². The summed E-state index contributed by atoms with van der Waals surface area (Å²) in [6, 6.07) is 1.84. The number of carbonyl (C=O) groups excluding carboxylic acids is 1. The van der Waals surface area contributed by atoms with Crippen LogP contribution in [0.3, 0.4) is 0 Å². The van der Waals surface area contributed by atoms with Gasteiger partial charge in [0.15, 0.2) is 0 Å². The molecule has 120 valence electrons. The molecule has 23 heavy (non-hydrogen) atoms. The molecule has 2 aliphatic rings. The zero-order chi connectivity index (χ0) is 15.7. The molecule has 0 saturated carbocycles. The van der Waals surface area contributed by atoms with Gasteiger partial charge in [-0.3, -0.25) is 4.79 Å². The summed E-state index contributed by atoms with van der Waals surface area (Å²) in [6.07, 6.45) is 6.84. The van der Waals surface area contributed by atoms with Gasteiger partial charge in [0.2, 0.25) is 5.95 Å². The number of thiazole rings is 1. The van der Waals surface area contributed by atoms with E-state index in [2.05, 4.69) is 19.9 Å². The highest BCUT2D eigenvalue weighted by Crippen LogP contribution is 2.41. The zero-order valence-corrected chi connectivity index (χ0v) is 13.7. The Kier molecular flexibility index (Phi) is 3.72. The van der Waals surface area contributed by atoms with Crippen LogP contribution in [0.15, 0.2) is 29.4 Å².